The van der Waals surface area contributed by atoms with Gasteiger partial charge >= 0.3 is 12.3 Å². The number of alkyl halides is 3. The van der Waals surface area contributed by atoms with Crippen LogP contribution in [0.3, 0.4) is 0 Å². The van der Waals surface area contributed by atoms with E-state index in [-0.39, 0.29) is 31.2 Å². The number of rotatable bonds is 1. The van der Waals surface area contributed by atoms with Crippen LogP contribution in [-0.4, -0.2) is 46.6 Å². The Morgan fingerprint density at radius 3 is 2.58 bits per heavy atom. The Bertz CT molecular complexity index is 679. The van der Waals surface area contributed by atoms with Crippen LogP contribution in [0.15, 0.2) is 18.3 Å². The number of nitrogens with zero attached hydrogens (tertiary/aromatic N) is 3. The van der Waals surface area contributed by atoms with Crippen LogP contribution >= 0.6 is 0 Å². The Morgan fingerprint density at radius 1 is 1.29 bits per heavy atom. The number of hydrogen-bond acceptors (Lipinski definition) is 3. The normalized spacial score (nSPS) is 24.7. The molecule has 3 heterocycles. The molecule has 1 aromatic rings. The number of pyridine rings is 1. The standard InChI is InChI=1S/C15H16F3N3O3/c16-15(17,18)10-1-4-19-11(7-10)21-6-3-14(8-12(21)22)2-5-20(9-14)13(23)24/h1,4,7H,2-3,5-6,8-9H2,(H,23,24). The molecule has 6 nitrogen and oxygen atoms in total. The minimum Gasteiger partial charge on any atom is -0.465 e. The topological polar surface area (TPSA) is 73.7 Å². The average molecular weight is 343 g/mol. The number of carbonyl (C=O) groups excluding carboxylic acids is 1. The first-order chi connectivity index (χ1) is 11.2. The summed E-state index contributed by atoms with van der Waals surface area (Å²) in [6.07, 6.45) is -3.21. The van der Waals surface area contributed by atoms with Gasteiger partial charge in [0.05, 0.1) is 5.56 Å². The second-order valence-electron chi connectivity index (χ2n) is 6.33. The lowest BCUT2D eigenvalue weighted by molar-refractivity contribution is -0.137. The van der Waals surface area contributed by atoms with Gasteiger partial charge in [-0.3, -0.25) is 9.69 Å². The van der Waals surface area contributed by atoms with E-state index in [2.05, 4.69) is 4.98 Å². The average Bonchev–Trinajstić information content (AvgIpc) is 2.90. The molecule has 0 radical (unpaired) electrons. The van der Waals surface area contributed by atoms with E-state index in [0.29, 0.717) is 19.4 Å². The number of aromatic nitrogens is 1. The number of likely N-dealkylation sites (tertiary alicyclic amines) is 1. The number of carbonyl (C=O) groups is 2. The molecule has 0 aromatic carbocycles. The minimum absolute atomic E-state index is 0.0160. The summed E-state index contributed by atoms with van der Waals surface area (Å²) in [5.74, 6) is -0.335. The lowest BCUT2D eigenvalue weighted by atomic mass is 9.77. The van der Waals surface area contributed by atoms with Crippen molar-refractivity contribution in [1.29, 1.82) is 0 Å². The minimum atomic E-state index is -4.49. The first-order valence-corrected chi connectivity index (χ1v) is 7.52. The smallest absolute Gasteiger partial charge is 0.416 e. The molecule has 9 heteroatoms. The Hall–Kier alpha value is -2.32. The van der Waals surface area contributed by atoms with E-state index < -0.39 is 23.2 Å². The number of amides is 2. The van der Waals surface area contributed by atoms with Gasteiger partial charge in [-0.25, -0.2) is 9.78 Å². The van der Waals surface area contributed by atoms with Crippen molar-refractivity contribution < 1.29 is 27.9 Å². The van der Waals surface area contributed by atoms with Crippen molar-refractivity contribution in [2.24, 2.45) is 5.41 Å². The highest BCUT2D eigenvalue weighted by Gasteiger charge is 2.45. The molecule has 3 rings (SSSR count). The summed E-state index contributed by atoms with van der Waals surface area (Å²) in [6, 6.07) is 1.73. The molecule has 2 aliphatic rings. The Balaban J connectivity index is 1.76. The molecular weight excluding hydrogens is 327 g/mol. The van der Waals surface area contributed by atoms with E-state index in [0.717, 1.165) is 18.3 Å². The van der Waals surface area contributed by atoms with Crippen molar-refractivity contribution >= 4 is 17.8 Å². The van der Waals surface area contributed by atoms with E-state index >= 15 is 0 Å². The number of halogens is 3. The fraction of sp³-hybridized carbons (Fsp3) is 0.533. The van der Waals surface area contributed by atoms with E-state index in [1.165, 1.54) is 9.80 Å². The number of carboxylic acid groups (broad SMARTS) is 1. The summed E-state index contributed by atoms with van der Waals surface area (Å²) < 4.78 is 38.4. The molecule has 1 atom stereocenters. The maximum atomic E-state index is 12.8. The lowest BCUT2D eigenvalue weighted by Gasteiger charge is -2.38. The predicted molar refractivity (Wildman–Crippen MR) is 77.5 cm³/mol. The van der Waals surface area contributed by atoms with Crippen LogP contribution < -0.4 is 4.90 Å². The van der Waals surface area contributed by atoms with Crippen LogP contribution in [0.2, 0.25) is 0 Å². The van der Waals surface area contributed by atoms with E-state index in [1.54, 1.807) is 0 Å². The van der Waals surface area contributed by atoms with Crippen molar-refractivity contribution in [3.63, 3.8) is 0 Å². The quantitative estimate of drug-likeness (QED) is 0.851. The van der Waals surface area contributed by atoms with Crippen LogP contribution in [0.25, 0.3) is 0 Å². The van der Waals surface area contributed by atoms with Gasteiger partial charge in [0.1, 0.15) is 5.82 Å². The second kappa shape index (κ2) is 5.64. The van der Waals surface area contributed by atoms with Crippen LogP contribution in [0.1, 0.15) is 24.8 Å². The molecule has 1 spiro atoms. The van der Waals surface area contributed by atoms with Crippen molar-refractivity contribution in [1.82, 2.24) is 9.88 Å². The number of hydrogen-bond donors (Lipinski definition) is 1. The van der Waals surface area contributed by atoms with Crippen LogP contribution in [0, 0.1) is 5.41 Å². The monoisotopic (exact) mass is 343 g/mol. The molecule has 1 unspecified atom stereocenters. The third-order valence-corrected chi connectivity index (χ3v) is 4.75. The third kappa shape index (κ3) is 3.02. The summed E-state index contributed by atoms with van der Waals surface area (Å²) in [5, 5.41) is 9.04. The molecular formula is C15H16F3N3O3. The van der Waals surface area contributed by atoms with Gasteiger partial charge < -0.3 is 10.0 Å². The third-order valence-electron chi connectivity index (χ3n) is 4.75. The molecule has 2 amide bonds. The van der Waals surface area contributed by atoms with Crippen LogP contribution in [-0.2, 0) is 11.0 Å². The van der Waals surface area contributed by atoms with Gasteiger partial charge in [0.25, 0.3) is 0 Å². The molecule has 0 bridgehead atoms. The zero-order valence-electron chi connectivity index (χ0n) is 12.7. The van der Waals surface area contributed by atoms with Gasteiger partial charge in [0.2, 0.25) is 5.91 Å². The Labute approximate surface area is 135 Å². The molecule has 2 fully saturated rings. The van der Waals surface area contributed by atoms with Crippen molar-refractivity contribution in [2.45, 2.75) is 25.4 Å². The summed E-state index contributed by atoms with van der Waals surface area (Å²) >= 11 is 0. The van der Waals surface area contributed by atoms with Crippen molar-refractivity contribution in [3.8, 4) is 0 Å². The fourth-order valence-electron chi connectivity index (χ4n) is 3.41. The molecule has 2 aliphatic heterocycles. The van der Waals surface area contributed by atoms with E-state index in [9.17, 15) is 22.8 Å². The van der Waals surface area contributed by atoms with Gasteiger partial charge in [-0.05, 0) is 25.0 Å². The van der Waals surface area contributed by atoms with Gasteiger partial charge in [-0.1, -0.05) is 0 Å². The molecule has 0 aliphatic carbocycles. The molecule has 24 heavy (non-hydrogen) atoms. The number of piperidine rings is 1. The highest BCUT2D eigenvalue weighted by Crippen LogP contribution is 2.42. The summed E-state index contributed by atoms with van der Waals surface area (Å²) in [6.45, 7) is 0.906. The van der Waals surface area contributed by atoms with Gasteiger partial charge in [0, 0.05) is 37.7 Å². The Kier molecular flexibility index (Phi) is 3.89. The molecule has 1 aromatic heterocycles. The van der Waals surface area contributed by atoms with Crippen molar-refractivity contribution in [3.05, 3.63) is 23.9 Å². The van der Waals surface area contributed by atoms with Crippen LogP contribution in [0.4, 0.5) is 23.8 Å². The maximum absolute atomic E-state index is 12.8. The van der Waals surface area contributed by atoms with E-state index in [1.807, 2.05) is 0 Å². The maximum Gasteiger partial charge on any atom is 0.416 e. The summed E-state index contributed by atoms with van der Waals surface area (Å²) in [5.41, 5.74) is -1.26. The second-order valence-corrected chi connectivity index (χ2v) is 6.33. The predicted octanol–water partition coefficient (Wildman–Crippen LogP) is 2.60. The highest BCUT2D eigenvalue weighted by atomic mass is 19.4. The SMILES string of the molecule is O=C(O)N1CCC2(CCN(c3cc(C(F)(F)F)ccn3)C(=O)C2)C1. The van der Waals surface area contributed by atoms with Crippen LogP contribution in [0.5, 0.6) is 0 Å². The molecule has 0 saturated carbocycles. The zero-order valence-corrected chi connectivity index (χ0v) is 12.7. The first-order valence-electron chi connectivity index (χ1n) is 7.52. The van der Waals surface area contributed by atoms with Gasteiger partial charge in [-0.2, -0.15) is 13.2 Å². The lowest BCUT2D eigenvalue weighted by Crippen LogP contribution is -2.46. The van der Waals surface area contributed by atoms with E-state index in [4.69, 9.17) is 5.11 Å². The van der Waals surface area contributed by atoms with Crippen molar-refractivity contribution in [2.75, 3.05) is 24.5 Å². The molecule has 1 N–H and O–H groups in total. The number of anilines is 1. The zero-order chi connectivity index (χ0) is 17.5. The fourth-order valence-corrected chi connectivity index (χ4v) is 3.41. The summed E-state index contributed by atoms with van der Waals surface area (Å²) in [4.78, 5) is 29.9. The molecule has 2 saturated heterocycles. The Morgan fingerprint density at radius 2 is 2.00 bits per heavy atom. The van der Waals surface area contributed by atoms with Gasteiger partial charge in [-0.15, -0.1) is 0 Å². The molecule has 130 valence electrons. The summed E-state index contributed by atoms with van der Waals surface area (Å²) in [7, 11) is 0. The first kappa shape index (κ1) is 16.5. The van der Waals surface area contributed by atoms with Gasteiger partial charge in [0.15, 0.2) is 0 Å². The highest BCUT2D eigenvalue weighted by molar-refractivity contribution is 5.93. The largest absolute Gasteiger partial charge is 0.465 e.